The fraction of sp³-hybridized carbons (Fsp3) is 0.455. The number of aromatic amines is 1. The maximum atomic E-state index is 4.56. The van der Waals surface area contributed by atoms with Crippen molar-refractivity contribution in [2.45, 2.75) is 32.6 Å². The summed E-state index contributed by atoms with van der Waals surface area (Å²) in [5, 5.41) is 10.4. The van der Waals surface area contributed by atoms with Gasteiger partial charge in [0.25, 0.3) is 0 Å². The molecule has 2 aromatic heterocycles. The summed E-state index contributed by atoms with van der Waals surface area (Å²) >= 11 is 1.75. The van der Waals surface area contributed by atoms with E-state index in [4.69, 9.17) is 0 Å². The van der Waals surface area contributed by atoms with Crippen LogP contribution in [-0.2, 0) is 12.8 Å². The fourth-order valence-electron chi connectivity index (χ4n) is 1.52. The summed E-state index contributed by atoms with van der Waals surface area (Å²) in [4.78, 5) is 4.56. The van der Waals surface area contributed by atoms with Crippen molar-refractivity contribution < 1.29 is 0 Å². The van der Waals surface area contributed by atoms with Crippen LogP contribution in [0.5, 0.6) is 0 Å². The van der Waals surface area contributed by atoms with E-state index in [0.29, 0.717) is 5.92 Å². The molecule has 2 heterocycles. The van der Waals surface area contributed by atoms with Gasteiger partial charge in [-0.25, -0.2) is 4.98 Å². The average Bonchev–Trinajstić information content (AvgIpc) is 2.87. The van der Waals surface area contributed by atoms with Crippen LogP contribution in [0.3, 0.4) is 0 Å². The molecule has 15 heavy (non-hydrogen) atoms. The Balaban J connectivity index is 2.02. The molecular weight excluding hydrogens is 206 g/mol. The van der Waals surface area contributed by atoms with Crippen LogP contribution in [0.25, 0.3) is 0 Å². The molecule has 0 aliphatic carbocycles. The summed E-state index contributed by atoms with van der Waals surface area (Å²) in [6.45, 7) is 4.32. The SMILES string of the molecule is CCc1csc(CC(C)c2cc[nH]n2)n1. The molecule has 2 aromatic rings. The van der Waals surface area contributed by atoms with Crippen LogP contribution >= 0.6 is 11.3 Å². The molecule has 3 nitrogen and oxygen atoms in total. The Hall–Kier alpha value is -1.16. The van der Waals surface area contributed by atoms with Gasteiger partial charge in [0.2, 0.25) is 0 Å². The number of nitrogens with one attached hydrogen (secondary N) is 1. The van der Waals surface area contributed by atoms with Gasteiger partial charge in [-0.05, 0) is 12.5 Å². The predicted octanol–water partition coefficient (Wildman–Crippen LogP) is 2.77. The summed E-state index contributed by atoms with van der Waals surface area (Å²) in [5.41, 5.74) is 2.31. The van der Waals surface area contributed by atoms with Crippen molar-refractivity contribution in [2.24, 2.45) is 0 Å². The van der Waals surface area contributed by atoms with Gasteiger partial charge in [0.15, 0.2) is 0 Å². The second kappa shape index (κ2) is 4.57. The Kier molecular flexibility index (Phi) is 3.16. The van der Waals surface area contributed by atoms with Crippen LogP contribution in [0.2, 0.25) is 0 Å². The van der Waals surface area contributed by atoms with Crippen molar-refractivity contribution in [2.75, 3.05) is 0 Å². The lowest BCUT2D eigenvalue weighted by Gasteiger charge is -2.04. The molecule has 0 aliphatic heterocycles. The quantitative estimate of drug-likeness (QED) is 0.862. The third-order valence-electron chi connectivity index (χ3n) is 2.47. The number of aromatic nitrogens is 3. The van der Waals surface area contributed by atoms with E-state index in [9.17, 15) is 0 Å². The summed E-state index contributed by atoms with van der Waals surface area (Å²) in [5.74, 6) is 0.437. The van der Waals surface area contributed by atoms with Gasteiger partial charge in [-0.2, -0.15) is 5.10 Å². The normalized spacial score (nSPS) is 12.9. The van der Waals surface area contributed by atoms with E-state index < -0.39 is 0 Å². The van der Waals surface area contributed by atoms with E-state index in [1.54, 1.807) is 11.3 Å². The number of H-pyrrole nitrogens is 1. The molecule has 0 spiro atoms. The van der Waals surface area contributed by atoms with Gasteiger partial charge >= 0.3 is 0 Å². The van der Waals surface area contributed by atoms with Crippen LogP contribution in [0.15, 0.2) is 17.6 Å². The second-order valence-electron chi connectivity index (χ2n) is 3.69. The van der Waals surface area contributed by atoms with E-state index >= 15 is 0 Å². The predicted molar refractivity (Wildman–Crippen MR) is 62.2 cm³/mol. The van der Waals surface area contributed by atoms with Gasteiger partial charge in [-0.3, -0.25) is 5.10 Å². The highest BCUT2D eigenvalue weighted by molar-refractivity contribution is 7.09. The highest BCUT2D eigenvalue weighted by Crippen LogP contribution is 2.20. The van der Waals surface area contributed by atoms with E-state index in [-0.39, 0.29) is 0 Å². The highest BCUT2D eigenvalue weighted by Gasteiger charge is 2.10. The van der Waals surface area contributed by atoms with Crippen LogP contribution in [0.4, 0.5) is 0 Å². The Labute approximate surface area is 93.6 Å². The minimum atomic E-state index is 0.437. The minimum Gasteiger partial charge on any atom is -0.285 e. The van der Waals surface area contributed by atoms with Crippen molar-refractivity contribution in [3.63, 3.8) is 0 Å². The lowest BCUT2D eigenvalue weighted by molar-refractivity contribution is 0.719. The van der Waals surface area contributed by atoms with Gasteiger partial charge in [-0.1, -0.05) is 13.8 Å². The Morgan fingerprint density at radius 2 is 2.40 bits per heavy atom. The molecule has 80 valence electrons. The van der Waals surface area contributed by atoms with Crippen molar-refractivity contribution in [3.8, 4) is 0 Å². The monoisotopic (exact) mass is 221 g/mol. The van der Waals surface area contributed by atoms with Gasteiger partial charge in [0.05, 0.1) is 16.4 Å². The summed E-state index contributed by atoms with van der Waals surface area (Å²) in [7, 11) is 0. The third kappa shape index (κ3) is 2.45. The zero-order valence-electron chi connectivity index (χ0n) is 9.03. The Morgan fingerprint density at radius 1 is 1.53 bits per heavy atom. The van der Waals surface area contributed by atoms with Crippen molar-refractivity contribution >= 4 is 11.3 Å². The molecular formula is C11H15N3S. The summed E-state index contributed by atoms with van der Waals surface area (Å²) < 4.78 is 0. The van der Waals surface area contributed by atoms with E-state index in [0.717, 1.165) is 18.5 Å². The first-order valence-electron chi connectivity index (χ1n) is 5.22. The van der Waals surface area contributed by atoms with Gasteiger partial charge < -0.3 is 0 Å². The molecule has 2 rings (SSSR count). The standard InChI is InChI=1S/C11H15N3S/c1-3-9-7-15-11(13-9)6-8(2)10-4-5-12-14-10/h4-5,7-8H,3,6H2,1-2H3,(H,12,14). The fourth-order valence-corrected chi connectivity index (χ4v) is 2.53. The molecule has 0 radical (unpaired) electrons. The molecule has 0 saturated heterocycles. The molecule has 0 fully saturated rings. The van der Waals surface area contributed by atoms with Gasteiger partial charge in [-0.15, -0.1) is 11.3 Å². The molecule has 0 bridgehead atoms. The number of aryl methyl sites for hydroxylation is 1. The van der Waals surface area contributed by atoms with Gasteiger partial charge in [0, 0.05) is 23.9 Å². The first-order chi connectivity index (χ1) is 7.29. The molecule has 4 heteroatoms. The molecule has 0 saturated carbocycles. The van der Waals surface area contributed by atoms with Crippen LogP contribution in [0.1, 0.15) is 36.2 Å². The lowest BCUT2D eigenvalue weighted by Crippen LogP contribution is -1.98. The number of hydrogen-bond donors (Lipinski definition) is 1. The minimum absolute atomic E-state index is 0.437. The average molecular weight is 221 g/mol. The van der Waals surface area contributed by atoms with E-state index in [1.165, 1.54) is 10.7 Å². The van der Waals surface area contributed by atoms with Crippen molar-refractivity contribution in [1.82, 2.24) is 15.2 Å². The maximum Gasteiger partial charge on any atom is 0.0934 e. The molecule has 1 atom stereocenters. The molecule has 0 amide bonds. The molecule has 1 N–H and O–H groups in total. The van der Waals surface area contributed by atoms with Crippen LogP contribution < -0.4 is 0 Å². The zero-order chi connectivity index (χ0) is 10.7. The lowest BCUT2D eigenvalue weighted by atomic mass is 10.1. The highest BCUT2D eigenvalue weighted by atomic mass is 32.1. The van der Waals surface area contributed by atoms with E-state index in [2.05, 4.69) is 34.4 Å². The number of hydrogen-bond acceptors (Lipinski definition) is 3. The summed E-state index contributed by atoms with van der Waals surface area (Å²) in [6, 6.07) is 2.03. The Morgan fingerprint density at radius 3 is 3.00 bits per heavy atom. The number of nitrogens with zero attached hydrogens (tertiary/aromatic N) is 2. The Bertz CT molecular complexity index is 405. The second-order valence-corrected chi connectivity index (χ2v) is 4.63. The zero-order valence-corrected chi connectivity index (χ0v) is 9.84. The molecule has 0 aromatic carbocycles. The number of rotatable bonds is 4. The molecule has 0 aliphatic rings. The summed E-state index contributed by atoms with van der Waals surface area (Å²) in [6.07, 6.45) is 3.87. The van der Waals surface area contributed by atoms with Gasteiger partial charge in [0.1, 0.15) is 0 Å². The third-order valence-corrected chi connectivity index (χ3v) is 3.39. The van der Waals surface area contributed by atoms with Crippen molar-refractivity contribution in [3.05, 3.63) is 34.0 Å². The first-order valence-corrected chi connectivity index (χ1v) is 6.10. The molecule has 1 unspecified atom stereocenters. The largest absolute Gasteiger partial charge is 0.285 e. The maximum absolute atomic E-state index is 4.56. The van der Waals surface area contributed by atoms with Crippen LogP contribution in [-0.4, -0.2) is 15.2 Å². The smallest absolute Gasteiger partial charge is 0.0934 e. The van der Waals surface area contributed by atoms with E-state index in [1.807, 2.05) is 12.3 Å². The topological polar surface area (TPSA) is 41.6 Å². The van der Waals surface area contributed by atoms with Crippen molar-refractivity contribution in [1.29, 1.82) is 0 Å². The first kappa shape index (κ1) is 10.4. The number of thiazole rings is 1. The van der Waals surface area contributed by atoms with Crippen LogP contribution in [0, 0.1) is 0 Å².